The SMILES string of the molecule is COC(=O)C1(C(=O)OC)C2CCC21. The quantitative estimate of drug-likeness (QED) is 0.459. The monoisotopic (exact) mass is 184 g/mol. The van der Waals surface area contributed by atoms with Crippen LogP contribution in [0.1, 0.15) is 12.8 Å². The molecule has 13 heavy (non-hydrogen) atoms. The van der Waals surface area contributed by atoms with Crippen LogP contribution in [0, 0.1) is 17.3 Å². The lowest BCUT2D eigenvalue weighted by atomic mass is 10.0. The molecule has 0 aromatic rings. The van der Waals surface area contributed by atoms with E-state index in [0.29, 0.717) is 0 Å². The predicted molar refractivity (Wildman–Crippen MR) is 42.7 cm³/mol. The van der Waals surface area contributed by atoms with Gasteiger partial charge in [-0.25, -0.2) is 0 Å². The van der Waals surface area contributed by atoms with Gasteiger partial charge < -0.3 is 9.47 Å². The van der Waals surface area contributed by atoms with E-state index in [1.165, 1.54) is 14.2 Å². The maximum atomic E-state index is 11.4. The third kappa shape index (κ3) is 0.759. The first kappa shape index (κ1) is 8.53. The molecule has 0 radical (unpaired) electrons. The lowest BCUT2D eigenvalue weighted by Crippen LogP contribution is -2.30. The highest BCUT2D eigenvalue weighted by molar-refractivity contribution is 6.05. The van der Waals surface area contributed by atoms with Crippen molar-refractivity contribution in [2.45, 2.75) is 12.8 Å². The first-order valence-electron chi connectivity index (χ1n) is 4.36. The van der Waals surface area contributed by atoms with E-state index >= 15 is 0 Å². The topological polar surface area (TPSA) is 52.6 Å². The predicted octanol–water partition coefficient (Wildman–Crippen LogP) is 0.359. The molecule has 2 atom stereocenters. The van der Waals surface area contributed by atoms with Gasteiger partial charge in [0, 0.05) is 0 Å². The summed E-state index contributed by atoms with van der Waals surface area (Å²) >= 11 is 0. The van der Waals surface area contributed by atoms with Gasteiger partial charge in [0.05, 0.1) is 14.2 Å². The molecule has 72 valence electrons. The summed E-state index contributed by atoms with van der Waals surface area (Å²) in [6, 6.07) is 0. The van der Waals surface area contributed by atoms with E-state index in [-0.39, 0.29) is 11.8 Å². The Balaban J connectivity index is 2.24. The van der Waals surface area contributed by atoms with Crippen LogP contribution in [0.3, 0.4) is 0 Å². The van der Waals surface area contributed by atoms with E-state index in [1.54, 1.807) is 0 Å². The summed E-state index contributed by atoms with van der Waals surface area (Å²) in [4.78, 5) is 22.9. The summed E-state index contributed by atoms with van der Waals surface area (Å²) in [7, 11) is 2.62. The van der Waals surface area contributed by atoms with Gasteiger partial charge in [0.2, 0.25) is 0 Å². The van der Waals surface area contributed by atoms with Gasteiger partial charge in [-0.3, -0.25) is 9.59 Å². The molecule has 0 N–H and O–H groups in total. The third-order valence-corrected chi connectivity index (χ3v) is 3.38. The van der Waals surface area contributed by atoms with Gasteiger partial charge in [-0.05, 0) is 24.7 Å². The largest absolute Gasteiger partial charge is 0.468 e. The molecule has 2 aliphatic rings. The molecule has 2 fully saturated rings. The first-order chi connectivity index (χ1) is 6.19. The van der Waals surface area contributed by atoms with Gasteiger partial charge in [0.15, 0.2) is 5.41 Å². The molecule has 0 saturated heterocycles. The molecule has 0 aromatic heterocycles. The number of hydrogen-bond acceptors (Lipinski definition) is 4. The van der Waals surface area contributed by atoms with Gasteiger partial charge in [-0.1, -0.05) is 0 Å². The Hall–Kier alpha value is -1.06. The molecule has 0 bridgehead atoms. The number of carbonyl (C=O) groups is 2. The molecule has 0 spiro atoms. The lowest BCUT2D eigenvalue weighted by molar-refractivity contribution is -0.162. The number of carbonyl (C=O) groups excluding carboxylic acids is 2. The number of rotatable bonds is 2. The number of hydrogen-bond donors (Lipinski definition) is 0. The Morgan fingerprint density at radius 2 is 1.46 bits per heavy atom. The van der Waals surface area contributed by atoms with Crippen LogP contribution < -0.4 is 0 Å². The second-order valence-electron chi connectivity index (χ2n) is 3.64. The van der Waals surface area contributed by atoms with Gasteiger partial charge in [0.1, 0.15) is 0 Å². The summed E-state index contributed by atoms with van der Waals surface area (Å²) in [6.45, 7) is 0. The number of ether oxygens (including phenoxy) is 2. The van der Waals surface area contributed by atoms with Crippen molar-refractivity contribution >= 4 is 11.9 Å². The maximum absolute atomic E-state index is 11.4. The normalized spacial score (nSPS) is 32.5. The van der Waals surface area contributed by atoms with Gasteiger partial charge in [-0.2, -0.15) is 0 Å². The fraction of sp³-hybridized carbons (Fsp3) is 0.778. The number of methoxy groups -OCH3 is 2. The van der Waals surface area contributed by atoms with Crippen LogP contribution in [0.2, 0.25) is 0 Å². The summed E-state index contributed by atoms with van der Waals surface area (Å²) < 4.78 is 9.28. The van der Waals surface area contributed by atoms with Gasteiger partial charge in [0.25, 0.3) is 0 Å². The molecular formula is C9H12O4. The van der Waals surface area contributed by atoms with Crippen LogP contribution in [0.5, 0.6) is 0 Å². The Bertz CT molecular complexity index is 243. The van der Waals surface area contributed by atoms with Gasteiger partial charge in [-0.15, -0.1) is 0 Å². The molecular weight excluding hydrogens is 172 g/mol. The van der Waals surface area contributed by atoms with Crippen molar-refractivity contribution < 1.29 is 19.1 Å². The summed E-state index contributed by atoms with van der Waals surface area (Å²) in [5.41, 5.74) is -0.927. The highest BCUT2D eigenvalue weighted by Gasteiger charge is 2.79. The standard InChI is InChI=1S/C9H12O4/c1-12-7(10)9(8(11)13-2)5-3-4-6(5)9/h5-6H,3-4H2,1-2H3. The third-order valence-electron chi connectivity index (χ3n) is 3.38. The molecule has 4 heteroatoms. The molecule has 0 aliphatic heterocycles. The van der Waals surface area contributed by atoms with E-state index < -0.39 is 17.4 Å². The minimum absolute atomic E-state index is 0.187. The minimum atomic E-state index is -0.927. The van der Waals surface area contributed by atoms with E-state index in [2.05, 4.69) is 9.47 Å². The Morgan fingerprint density at radius 3 is 1.69 bits per heavy atom. The summed E-state index contributed by atoms with van der Waals surface area (Å²) in [5.74, 6) is -0.474. The fourth-order valence-electron chi connectivity index (χ4n) is 2.52. The Labute approximate surface area is 76.2 Å². The Morgan fingerprint density at radius 1 is 1.08 bits per heavy atom. The maximum Gasteiger partial charge on any atom is 0.323 e. The van der Waals surface area contributed by atoms with Crippen molar-refractivity contribution in [1.82, 2.24) is 0 Å². The highest BCUT2D eigenvalue weighted by atomic mass is 16.5. The van der Waals surface area contributed by atoms with E-state index in [0.717, 1.165) is 12.8 Å². The summed E-state index contributed by atoms with van der Waals surface area (Å²) in [6.07, 6.45) is 1.88. The van der Waals surface area contributed by atoms with Crippen LogP contribution in [-0.2, 0) is 19.1 Å². The zero-order valence-electron chi connectivity index (χ0n) is 7.70. The van der Waals surface area contributed by atoms with Crippen molar-refractivity contribution in [2.24, 2.45) is 17.3 Å². The zero-order valence-corrected chi connectivity index (χ0v) is 7.70. The molecule has 0 amide bonds. The van der Waals surface area contributed by atoms with Crippen molar-refractivity contribution in [3.05, 3.63) is 0 Å². The van der Waals surface area contributed by atoms with Gasteiger partial charge >= 0.3 is 11.9 Å². The van der Waals surface area contributed by atoms with Crippen molar-refractivity contribution in [3.8, 4) is 0 Å². The molecule has 2 saturated carbocycles. The molecule has 4 nitrogen and oxygen atoms in total. The highest BCUT2D eigenvalue weighted by Crippen LogP contribution is 2.71. The van der Waals surface area contributed by atoms with Crippen LogP contribution in [0.4, 0.5) is 0 Å². The second kappa shape index (κ2) is 2.47. The lowest BCUT2D eigenvalue weighted by Gasteiger charge is -2.10. The molecule has 0 aromatic carbocycles. The van der Waals surface area contributed by atoms with Crippen LogP contribution in [-0.4, -0.2) is 26.2 Å². The zero-order chi connectivity index (χ0) is 9.64. The van der Waals surface area contributed by atoms with E-state index in [1.807, 2.05) is 0 Å². The average Bonchev–Trinajstić information content (AvgIpc) is 2.60. The Kier molecular flexibility index (Phi) is 1.62. The van der Waals surface area contributed by atoms with Crippen LogP contribution in [0.15, 0.2) is 0 Å². The molecule has 0 heterocycles. The van der Waals surface area contributed by atoms with E-state index in [4.69, 9.17) is 0 Å². The van der Waals surface area contributed by atoms with Crippen LogP contribution in [0.25, 0.3) is 0 Å². The average molecular weight is 184 g/mol. The summed E-state index contributed by atoms with van der Waals surface area (Å²) in [5, 5.41) is 0. The minimum Gasteiger partial charge on any atom is -0.468 e. The molecule has 2 rings (SSSR count). The molecule has 2 unspecified atom stereocenters. The van der Waals surface area contributed by atoms with Crippen molar-refractivity contribution in [1.29, 1.82) is 0 Å². The molecule has 2 aliphatic carbocycles. The number of esters is 2. The first-order valence-corrected chi connectivity index (χ1v) is 4.36. The van der Waals surface area contributed by atoms with E-state index in [9.17, 15) is 9.59 Å². The smallest absolute Gasteiger partial charge is 0.323 e. The fourth-order valence-corrected chi connectivity index (χ4v) is 2.52. The second-order valence-corrected chi connectivity index (χ2v) is 3.64. The number of fused-ring (bicyclic) bond motifs is 1. The van der Waals surface area contributed by atoms with Crippen LogP contribution >= 0.6 is 0 Å². The van der Waals surface area contributed by atoms with Crippen molar-refractivity contribution in [3.63, 3.8) is 0 Å². The van der Waals surface area contributed by atoms with Crippen molar-refractivity contribution in [2.75, 3.05) is 14.2 Å².